The van der Waals surface area contributed by atoms with Gasteiger partial charge in [-0.05, 0) is 12.0 Å². The van der Waals surface area contributed by atoms with Gasteiger partial charge in [-0.2, -0.15) is 0 Å². The van der Waals surface area contributed by atoms with Crippen molar-refractivity contribution in [1.29, 1.82) is 0 Å². The molecule has 0 saturated carbocycles. The third kappa shape index (κ3) is 6.89. The zero-order valence-corrected chi connectivity index (χ0v) is 13.1. The summed E-state index contributed by atoms with van der Waals surface area (Å²) in [7, 11) is 0. The lowest BCUT2D eigenvalue weighted by Gasteiger charge is -2.01. The molecule has 20 heavy (non-hydrogen) atoms. The average molecular weight is 270 g/mol. The van der Waals surface area contributed by atoms with Crippen LogP contribution >= 0.6 is 0 Å². The Bertz CT molecular complexity index is 446. The largest absolute Gasteiger partial charge is 0.294 e. The summed E-state index contributed by atoms with van der Waals surface area (Å²) in [5.74, 6) is 0.212. The summed E-state index contributed by atoms with van der Waals surface area (Å²) < 4.78 is 0. The monoisotopic (exact) mass is 270 g/mol. The van der Waals surface area contributed by atoms with Crippen LogP contribution in [-0.2, 0) is 6.42 Å². The number of hydrogen-bond donors (Lipinski definition) is 0. The highest BCUT2D eigenvalue weighted by molar-refractivity contribution is 5.96. The highest BCUT2D eigenvalue weighted by Gasteiger charge is 2.04. The summed E-state index contributed by atoms with van der Waals surface area (Å²) in [5, 5.41) is 0. The lowest BCUT2D eigenvalue weighted by Crippen LogP contribution is -2.00. The number of aryl methyl sites for hydroxylation is 1. The van der Waals surface area contributed by atoms with Crippen LogP contribution in [0.1, 0.15) is 50.0 Å². The van der Waals surface area contributed by atoms with E-state index in [-0.39, 0.29) is 5.78 Å². The molecule has 1 heteroatoms. The second-order valence-corrected chi connectivity index (χ2v) is 3.77. The van der Waals surface area contributed by atoms with Crippen molar-refractivity contribution in [2.45, 2.75) is 40.5 Å². The Balaban J connectivity index is 0.000000829. The Morgan fingerprint density at radius 3 is 1.70 bits per heavy atom. The molecule has 1 nitrogen and oxygen atoms in total. The fraction of sp³-hybridized carbons (Fsp3) is 0.316. The summed E-state index contributed by atoms with van der Waals surface area (Å²) in [5.41, 5.74) is 2.02. The van der Waals surface area contributed by atoms with E-state index in [1.165, 1.54) is 5.56 Å². The molecule has 0 aliphatic carbocycles. The van der Waals surface area contributed by atoms with Crippen LogP contribution in [-0.4, -0.2) is 5.78 Å². The van der Waals surface area contributed by atoms with Crippen molar-refractivity contribution in [2.24, 2.45) is 0 Å². The Labute approximate surface area is 123 Å². The van der Waals surface area contributed by atoms with Crippen molar-refractivity contribution in [3.8, 4) is 0 Å². The predicted octanol–water partition coefficient (Wildman–Crippen LogP) is 5.55. The fourth-order valence-electron chi connectivity index (χ4n) is 1.67. The maximum absolute atomic E-state index is 11.8. The van der Waals surface area contributed by atoms with Crippen LogP contribution in [0.3, 0.4) is 0 Å². The van der Waals surface area contributed by atoms with Gasteiger partial charge in [-0.3, -0.25) is 4.79 Å². The standard InChI is InChI=1S/C15H14O.2C2H6/c16-15(14-9-5-2-6-10-14)12-11-13-7-3-1-4-8-13;2*1-2/h1-10H,11-12H2;2*1-2H3. The molecule has 0 atom stereocenters. The Morgan fingerprint density at radius 1 is 0.750 bits per heavy atom. The average Bonchev–Trinajstić information content (AvgIpc) is 2.58. The first-order chi connectivity index (χ1) is 9.86. The molecule has 0 fully saturated rings. The minimum atomic E-state index is 0.212. The van der Waals surface area contributed by atoms with Gasteiger partial charge in [0.2, 0.25) is 0 Å². The molecule has 0 radical (unpaired) electrons. The second-order valence-electron chi connectivity index (χ2n) is 3.77. The minimum Gasteiger partial charge on any atom is -0.294 e. The van der Waals surface area contributed by atoms with E-state index in [1.807, 2.05) is 76.2 Å². The van der Waals surface area contributed by atoms with Crippen molar-refractivity contribution in [3.05, 3.63) is 71.8 Å². The van der Waals surface area contributed by atoms with Crippen molar-refractivity contribution in [3.63, 3.8) is 0 Å². The highest BCUT2D eigenvalue weighted by atomic mass is 16.1. The molecule has 0 aliphatic rings. The summed E-state index contributed by atoms with van der Waals surface area (Å²) in [4.78, 5) is 11.8. The molecule has 2 aromatic carbocycles. The Kier molecular flexibility index (Phi) is 11.0. The van der Waals surface area contributed by atoms with Gasteiger partial charge < -0.3 is 0 Å². The molecule has 0 unspecified atom stereocenters. The first-order valence-corrected chi connectivity index (χ1v) is 7.48. The smallest absolute Gasteiger partial charge is 0.163 e. The molecule has 0 amide bonds. The number of ketones is 1. The van der Waals surface area contributed by atoms with Gasteiger partial charge in [-0.1, -0.05) is 88.4 Å². The first kappa shape index (κ1) is 18.1. The third-order valence-electron chi connectivity index (χ3n) is 2.58. The van der Waals surface area contributed by atoms with Crippen molar-refractivity contribution in [2.75, 3.05) is 0 Å². The van der Waals surface area contributed by atoms with Gasteiger partial charge in [0.25, 0.3) is 0 Å². The fourth-order valence-corrected chi connectivity index (χ4v) is 1.67. The molecule has 0 aliphatic heterocycles. The van der Waals surface area contributed by atoms with Crippen LogP contribution in [0.15, 0.2) is 60.7 Å². The maximum atomic E-state index is 11.8. The van der Waals surface area contributed by atoms with Crippen molar-refractivity contribution in [1.82, 2.24) is 0 Å². The molecule has 0 spiro atoms. The molecule has 2 aromatic rings. The van der Waals surface area contributed by atoms with Gasteiger partial charge in [0.15, 0.2) is 5.78 Å². The lowest BCUT2D eigenvalue weighted by molar-refractivity contribution is 0.0983. The Hall–Kier alpha value is -1.89. The van der Waals surface area contributed by atoms with Crippen LogP contribution in [0.25, 0.3) is 0 Å². The van der Waals surface area contributed by atoms with Crippen LogP contribution < -0.4 is 0 Å². The van der Waals surface area contributed by atoms with E-state index in [1.54, 1.807) is 0 Å². The molecule has 2 rings (SSSR count). The molecule has 0 saturated heterocycles. The van der Waals surface area contributed by atoms with Gasteiger partial charge >= 0.3 is 0 Å². The number of Topliss-reactive ketones (excluding diaryl/α,β-unsaturated/α-hetero) is 1. The summed E-state index contributed by atoms with van der Waals surface area (Å²) >= 11 is 0. The summed E-state index contributed by atoms with van der Waals surface area (Å²) in [6, 6.07) is 19.6. The summed E-state index contributed by atoms with van der Waals surface area (Å²) in [6.45, 7) is 8.00. The number of rotatable bonds is 4. The molecular formula is C19H26O. The number of hydrogen-bond acceptors (Lipinski definition) is 1. The van der Waals surface area contributed by atoms with Gasteiger partial charge in [0, 0.05) is 12.0 Å². The predicted molar refractivity (Wildman–Crippen MR) is 88.2 cm³/mol. The maximum Gasteiger partial charge on any atom is 0.163 e. The quantitative estimate of drug-likeness (QED) is 0.665. The van der Waals surface area contributed by atoms with E-state index in [0.29, 0.717) is 6.42 Å². The molecule has 0 heterocycles. The first-order valence-electron chi connectivity index (χ1n) is 7.48. The molecule has 0 bridgehead atoms. The third-order valence-corrected chi connectivity index (χ3v) is 2.58. The van der Waals surface area contributed by atoms with E-state index < -0.39 is 0 Å². The van der Waals surface area contributed by atoms with E-state index in [0.717, 1.165) is 12.0 Å². The molecule has 0 N–H and O–H groups in total. The lowest BCUT2D eigenvalue weighted by atomic mass is 10.0. The number of carbonyl (C=O) groups is 1. The topological polar surface area (TPSA) is 17.1 Å². The molecular weight excluding hydrogens is 244 g/mol. The van der Waals surface area contributed by atoms with Crippen molar-refractivity contribution < 1.29 is 4.79 Å². The van der Waals surface area contributed by atoms with Crippen molar-refractivity contribution >= 4 is 5.78 Å². The number of benzene rings is 2. The SMILES string of the molecule is CC.CC.O=C(CCc1ccccc1)c1ccccc1. The Morgan fingerprint density at radius 2 is 1.20 bits per heavy atom. The number of carbonyl (C=O) groups excluding carboxylic acids is 1. The van der Waals surface area contributed by atoms with Crippen LogP contribution in [0.2, 0.25) is 0 Å². The van der Waals surface area contributed by atoms with E-state index in [9.17, 15) is 4.79 Å². The zero-order valence-electron chi connectivity index (χ0n) is 13.1. The van der Waals surface area contributed by atoms with Gasteiger partial charge in [-0.25, -0.2) is 0 Å². The van der Waals surface area contributed by atoms with Crippen LogP contribution in [0.5, 0.6) is 0 Å². The van der Waals surface area contributed by atoms with E-state index in [4.69, 9.17) is 0 Å². The van der Waals surface area contributed by atoms with E-state index >= 15 is 0 Å². The van der Waals surface area contributed by atoms with Gasteiger partial charge in [-0.15, -0.1) is 0 Å². The van der Waals surface area contributed by atoms with Crippen LogP contribution in [0, 0.1) is 0 Å². The molecule has 108 valence electrons. The molecule has 0 aromatic heterocycles. The second kappa shape index (κ2) is 12.2. The zero-order chi connectivity index (χ0) is 15.2. The van der Waals surface area contributed by atoms with Gasteiger partial charge in [0.05, 0.1) is 0 Å². The van der Waals surface area contributed by atoms with Gasteiger partial charge in [0.1, 0.15) is 0 Å². The van der Waals surface area contributed by atoms with E-state index in [2.05, 4.69) is 12.1 Å². The van der Waals surface area contributed by atoms with Crippen LogP contribution in [0.4, 0.5) is 0 Å². The normalized spacial score (nSPS) is 8.60. The minimum absolute atomic E-state index is 0.212. The highest BCUT2D eigenvalue weighted by Crippen LogP contribution is 2.08. The summed E-state index contributed by atoms with van der Waals surface area (Å²) in [6.07, 6.45) is 1.39.